The normalized spacial score (nSPS) is 11.0. The maximum absolute atomic E-state index is 12.1. The first-order valence-electron chi connectivity index (χ1n) is 6.07. The summed E-state index contributed by atoms with van der Waals surface area (Å²) >= 11 is 0. The van der Waals surface area contributed by atoms with E-state index >= 15 is 0 Å². The van der Waals surface area contributed by atoms with Crippen molar-refractivity contribution in [1.82, 2.24) is 0 Å². The molecule has 1 N–H and O–H groups in total. The highest BCUT2D eigenvalue weighted by Gasteiger charge is 2.31. The molecular formula is C15H12F3NO2. The third kappa shape index (κ3) is 4.52. The van der Waals surface area contributed by atoms with Gasteiger partial charge >= 0.3 is 6.36 Å². The topological polar surface area (TPSA) is 38.3 Å². The summed E-state index contributed by atoms with van der Waals surface area (Å²) in [6.45, 7) is 1.89. The van der Waals surface area contributed by atoms with Gasteiger partial charge in [0.05, 0.1) is 0 Å². The van der Waals surface area contributed by atoms with E-state index in [1.54, 1.807) is 24.3 Å². The van der Waals surface area contributed by atoms with E-state index in [-0.39, 0.29) is 11.4 Å². The number of aryl methyl sites for hydroxylation is 1. The molecule has 0 saturated heterocycles. The first-order valence-corrected chi connectivity index (χ1v) is 6.07. The molecule has 0 aliphatic heterocycles. The fraction of sp³-hybridized carbons (Fsp3) is 0.133. The van der Waals surface area contributed by atoms with Gasteiger partial charge in [-0.15, -0.1) is 13.2 Å². The average Bonchev–Trinajstić information content (AvgIpc) is 2.37. The van der Waals surface area contributed by atoms with Gasteiger partial charge in [0.25, 0.3) is 5.91 Å². The molecule has 0 heterocycles. The summed E-state index contributed by atoms with van der Waals surface area (Å²) in [7, 11) is 0. The van der Waals surface area contributed by atoms with Gasteiger partial charge in [0, 0.05) is 17.3 Å². The van der Waals surface area contributed by atoms with Crippen molar-refractivity contribution in [2.75, 3.05) is 5.32 Å². The number of carbonyl (C=O) groups excluding carboxylic acids is 1. The first-order chi connectivity index (χ1) is 9.83. The van der Waals surface area contributed by atoms with E-state index < -0.39 is 12.3 Å². The van der Waals surface area contributed by atoms with Crippen molar-refractivity contribution in [2.45, 2.75) is 13.3 Å². The van der Waals surface area contributed by atoms with Gasteiger partial charge in [0.2, 0.25) is 0 Å². The van der Waals surface area contributed by atoms with E-state index in [2.05, 4.69) is 10.1 Å². The molecular weight excluding hydrogens is 283 g/mol. The molecule has 0 fully saturated rings. The summed E-state index contributed by atoms with van der Waals surface area (Å²) in [5.41, 5.74) is 1.65. The van der Waals surface area contributed by atoms with Crippen LogP contribution in [0.4, 0.5) is 18.9 Å². The van der Waals surface area contributed by atoms with Crippen molar-refractivity contribution in [3.63, 3.8) is 0 Å². The van der Waals surface area contributed by atoms with Crippen LogP contribution in [0.1, 0.15) is 15.9 Å². The van der Waals surface area contributed by atoms with Crippen LogP contribution >= 0.6 is 0 Å². The molecule has 21 heavy (non-hydrogen) atoms. The lowest BCUT2D eigenvalue weighted by molar-refractivity contribution is -0.274. The molecule has 0 bridgehead atoms. The molecule has 1 amide bonds. The van der Waals surface area contributed by atoms with E-state index in [1.807, 2.05) is 6.92 Å². The summed E-state index contributed by atoms with van der Waals surface area (Å²) < 4.78 is 40.2. The highest BCUT2D eigenvalue weighted by Crippen LogP contribution is 2.25. The molecule has 0 aliphatic rings. The van der Waals surface area contributed by atoms with Crippen LogP contribution in [-0.4, -0.2) is 12.3 Å². The molecule has 0 aliphatic carbocycles. The van der Waals surface area contributed by atoms with Gasteiger partial charge in [-0.3, -0.25) is 4.79 Å². The van der Waals surface area contributed by atoms with Crippen LogP contribution < -0.4 is 10.1 Å². The maximum Gasteiger partial charge on any atom is 0.573 e. The van der Waals surface area contributed by atoms with Gasteiger partial charge in [-0.05, 0) is 31.2 Å². The van der Waals surface area contributed by atoms with Gasteiger partial charge in [-0.2, -0.15) is 0 Å². The van der Waals surface area contributed by atoms with E-state index in [0.29, 0.717) is 5.56 Å². The number of ether oxygens (including phenoxy) is 1. The SMILES string of the molecule is Cc1ccc(C(=O)Nc2cccc(OC(F)(F)F)c2)cc1. The van der Waals surface area contributed by atoms with Gasteiger partial charge in [0.1, 0.15) is 5.75 Å². The minimum Gasteiger partial charge on any atom is -0.406 e. The van der Waals surface area contributed by atoms with Crippen LogP contribution in [-0.2, 0) is 0 Å². The Kier molecular flexibility index (Phi) is 4.16. The zero-order chi connectivity index (χ0) is 15.5. The second-order valence-electron chi connectivity index (χ2n) is 4.40. The van der Waals surface area contributed by atoms with Crippen molar-refractivity contribution in [1.29, 1.82) is 0 Å². The van der Waals surface area contributed by atoms with Crippen LogP contribution in [0.15, 0.2) is 48.5 Å². The summed E-state index contributed by atoms with van der Waals surface area (Å²) in [5.74, 6) is -0.789. The number of rotatable bonds is 3. The van der Waals surface area contributed by atoms with Crippen molar-refractivity contribution < 1.29 is 22.7 Å². The lowest BCUT2D eigenvalue weighted by atomic mass is 10.1. The highest BCUT2D eigenvalue weighted by atomic mass is 19.4. The summed E-state index contributed by atoms with van der Waals surface area (Å²) in [4.78, 5) is 11.9. The number of anilines is 1. The monoisotopic (exact) mass is 295 g/mol. The molecule has 2 aromatic rings. The smallest absolute Gasteiger partial charge is 0.406 e. The standard InChI is InChI=1S/C15H12F3NO2/c1-10-5-7-11(8-6-10)14(20)19-12-3-2-4-13(9-12)21-15(16,17)18/h2-9H,1H3,(H,19,20). The number of nitrogens with one attached hydrogen (secondary N) is 1. The van der Waals surface area contributed by atoms with Crippen molar-refractivity contribution in [2.24, 2.45) is 0 Å². The van der Waals surface area contributed by atoms with Crippen molar-refractivity contribution in [3.8, 4) is 5.75 Å². The molecule has 0 spiro atoms. The number of alkyl halides is 3. The Hall–Kier alpha value is -2.50. The third-order valence-electron chi connectivity index (χ3n) is 2.64. The zero-order valence-electron chi connectivity index (χ0n) is 11.1. The van der Waals surface area contributed by atoms with E-state index in [9.17, 15) is 18.0 Å². The molecule has 2 rings (SSSR count). The number of carbonyl (C=O) groups is 1. The Morgan fingerprint density at radius 3 is 2.38 bits per heavy atom. The predicted octanol–water partition coefficient (Wildman–Crippen LogP) is 4.15. The van der Waals surface area contributed by atoms with Crippen LogP contribution in [0.2, 0.25) is 0 Å². The lowest BCUT2D eigenvalue weighted by Crippen LogP contribution is -2.17. The number of amides is 1. The zero-order valence-corrected chi connectivity index (χ0v) is 11.1. The number of hydrogen-bond acceptors (Lipinski definition) is 2. The Morgan fingerprint density at radius 2 is 1.76 bits per heavy atom. The van der Waals surface area contributed by atoms with E-state index in [4.69, 9.17) is 0 Å². The largest absolute Gasteiger partial charge is 0.573 e. The molecule has 0 atom stereocenters. The van der Waals surface area contributed by atoms with Gasteiger partial charge in [0.15, 0.2) is 0 Å². The Bertz CT molecular complexity index is 636. The molecule has 2 aromatic carbocycles. The molecule has 6 heteroatoms. The fourth-order valence-electron chi connectivity index (χ4n) is 1.68. The Balaban J connectivity index is 2.10. The second kappa shape index (κ2) is 5.87. The summed E-state index contributed by atoms with van der Waals surface area (Å²) in [6.07, 6.45) is -4.76. The van der Waals surface area contributed by atoms with Gasteiger partial charge in [-0.25, -0.2) is 0 Å². The van der Waals surface area contributed by atoms with Crippen molar-refractivity contribution in [3.05, 3.63) is 59.7 Å². The average molecular weight is 295 g/mol. The Labute approximate surface area is 119 Å². The molecule has 110 valence electrons. The van der Waals surface area contributed by atoms with Crippen molar-refractivity contribution >= 4 is 11.6 Å². The van der Waals surface area contributed by atoms with Crippen LogP contribution in [0.5, 0.6) is 5.75 Å². The number of benzene rings is 2. The van der Waals surface area contributed by atoms with Crippen LogP contribution in [0.25, 0.3) is 0 Å². The predicted molar refractivity (Wildman–Crippen MR) is 72.3 cm³/mol. The highest BCUT2D eigenvalue weighted by molar-refractivity contribution is 6.04. The van der Waals surface area contributed by atoms with Crippen LogP contribution in [0.3, 0.4) is 0 Å². The molecule has 0 saturated carbocycles. The first kappa shape index (κ1) is 14.9. The van der Waals surface area contributed by atoms with E-state index in [0.717, 1.165) is 17.7 Å². The molecule has 3 nitrogen and oxygen atoms in total. The quantitative estimate of drug-likeness (QED) is 0.924. The van der Waals surface area contributed by atoms with Gasteiger partial charge in [-0.1, -0.05) is 23.8 Å². The maximum atomic E-state index is 12.1. The molecule has 0 aromatic heterocycles. The lowest BCUT2D eigenvalue weighted by Gasteiger charge is -2.10. The Morgan fingerprint density at radius 1 is 1.10 bits per heavy atom. The number of halogens is 3. The summed E-state index contributed by atoms with van der Waals surface area (Å²) in [5, 5.41) is 2.52. The van der Waals surface area contributed by atoms with Gasteiger partial charge < -0.3 is 10.1 Å². The molecule has 0 radical (unpaired) electrons. The minimum atomic E-state index is -4.76. The minimum absolute atomic E-state index is 0.224. The molecule has 0 unspecified atom stereocenters. The fourth-order valence-corrected chi connectivity index (χ4v) is 1.68. The van der Waals surface area contributed by atoms with E-state index in [1.165, 1.54) is 12.1 Å². The summed E-state index contributed by atoms with van der Waals surface area (Å²) in [6, 6.07) is 12.0. The second-order valence-corrected chi connectivity index (χ2v) is 4.40. The third-order valence-corrected chi connectivity index (χ3v) is 2.64. The van der Waals surface area contributed by atoms with Crippen LogP contribution in [0, 0.1) is 6.92 Å². The number of hydrogen-bond donors (Lipinski definition) is 1.